The number of esters is 2. The molecule has 0 saturated heterocycles. The fourth-order valence-electron chi connectivity index (χ4n) is 9.22. The maximum absolute atomic E-state index is 12.9. The Morgan fingerprint density at radius 2 is 0.704 bits per heavy atom. The number of carbonyl (C=O) groups is 3. The summed E-state index contributed by atoms with van der Waals surface area (Å²) in [7, 11) is 5.92. The van der Waals surface area contributed by atoms with Crippen molar-refractivity contribution in [2.24, 2.45) is 0 Å². The van der Waals surface area contributed by atoms with Crippen molar-refractivity contribution >= 4 is 17.9 Å². The summed E-state index contributed by atoms with van der Waals surface area (Å²) < 4.78 is 22.7. The van der Waals surface area contributed by atoms with Gasteiger partial charge in [0.15, 0.2) is 12.4 Å². The van der Waals surface area contributed by atoms with Crippen LogP contribution in [0.2, 0.25) is 0 Å². The monoisotopic (exact) mass is 1130 g/mol. The number of carbonyl (C=O) groups excluding carboxylic acids is 3. The molecule has 0 fully saturated rings. The number of unbranched alkanes of at least 4 members (excludes halogenated alkanes) is 30. The van der Waals surface area contributed by atoms with Crippen LogP contribution in [0.25, 0.3) is 0 Å². The van der Waals surface area contributed by atoms with Gasteiger partial charge in [0.1, 0.15) is 13.2 Å². The van der Waals surface area contributed by atoms with E-state index in [1.165, 1.54) is 154 Å². The number of carboxylic acid groups (broad SMARTS) is 1. The quantitative estimate of drug-likeness (QED) is 0.0195. The number of aliphatic carboxylic acids is 1. The lowest BCUT2D eigenvalue weighted by Crippen LogP contribution is -2.44. The molecule has 2 atom stereocenters. The van der Waals surface area contributed by atoms with Gasteiger partial charge in [-0.05, 0) is 96.3 Å². The summed E-state index contributed by atoms with van der Waals surface area (Å²) in [5.41, 5.74) is 0. The van der Waals surface area contributed by atoms with E-state index in [-0.39, 0.29) is 38.6 Å². The number of likely N-dealkylation sites (N-methyl/N-ethyl adjacent to an activating group) is 1. The average molecular weight is 1130 g/mol. The van der Waals surface area contributed by atoms with Gasteiger partial charge in [-0.25, -0.2) is 0 Å². The molecule has 0 radical (unpaired) electrons. The minimum absolute atomic E-state index is 0.145. The number of rotatable bonds is 61. The molecule has 9 nitrogen and oxygen atoms in total. The summed E-state index contributed by atoms with van der Waals surface area (Å²) >= 11 is 0. The Morgan fingerprint density at radius 3 is 1.06 bits per heavy atom. The van der Waals surface area contributed by atoms with E-state index in [4.69, 9.17) is 18.9 Å². The third-order valence-electron chi connectivity index (χ3n) is 14.3. The first-order chi connectivity index (χ1) is 39.6. The molecule has 0 bridgehead atoms. The molecule has 0 heterocycles. The molecule has 0 aliphatic carbocycles. The van der Waals surface area contributed by atoms with Crippen molar-refractivity contribution in [1.82, 2.24) is 0 Å². The number of quaternary nitrogens is 1. The number of ether oxygens (including phenoxy) is 4. The zero-order chi connectivity index (χ0) is 59.1. The number of nitrogens with zero attached hydrogens (tertiary/aromatic N) is 1. The SMILES string of the molecule is CC/C=C\C/C=C\C/C=C\C/C=C\C/C=C\C/C=C\C/C=C\CCCCCCCCCCCCCCCCCCCCCC(=O)OC(COC(=O)CCCCCCC/C=C\CCCCCCCC)COC(OCC[N+](C)(C)C)C(=O)[O-]. The van der Waals surface area contributed by atoms with Crippen LogP contribution in [0.3, 0.4) is 0 Å². The molecule has 0 aliphatic heterocycles. The number of carboxylic acids is 1. The topological polar surface area (TPSA) is 111 Å². The van der Waals surface area contributed by atoms with Gasteiger partial charge in [0.25, 0.3) is 0 Å². The van der Waals surface area contributed by atoms with Gasteiger partial charge in [0.05, 0.1) is 40.3 Å². The highest BCUT2D eigenvalue weighted by molar-refractivity contribution is 5.70. The van der Waals surface area contributed by atoms with Crippen LogP contribution >= 0.6 is 0 Å². The van der Waals surface area contributed by atoms with Gasteiger partial charge in [0, 0.05) is 12.8 Å². The van der Waals surface area contributed by atoms with Crippen molar-refractivity contribution in [3.05, 3.63) is 97.2 Å². The van der Waals surface area contributed by atoms with Crippen LogP contribution in [0.4, 0.5) is 0 Å². The van der Waals surface area contributed by atoms with Crippen molar-refractivity contribution in [3.8, 4) is 0 Å². The first-order valence-corrected chi connectivity index (χ1v) is 33.4. The van der Waals surface area contributed by atoms with Crippen LogP contribution in [0.15, 0.2) is 97.2 Å². The predicted octanol–water partition coefficient (Wildman–Crippen LogP) is 19.1. The number of allylic oxidation sites excluding steroid dienone is 16. The second kappa shape index (κ2) is 62.3. The smallest absolute Gasteiger partial charge is 0.306 e. The van der Waals surface area contributed by atoms with Crippen LogP contribution in [0, 0.1) is 0 Å². The minimum Gasteiger partial charge on any atom is -0.545 e. The summed E-state index contributed by atoms with van der Waals surface area (Å²) in [5, 5.41) is 11.8. The largest absolute Gasteiger partial charge is 0.545 e. The highest BCUT2D eigenvalue weighted by Crippen LogP contribution is 2.17. The Balaban J connectivity index is 4.00. The number of hydrogen-bond donors (Lipinski definition) is 0. The molecule has 0 amide bonds. The van der Waals surface area contributed by atoms with Gasteiger partial charge in [-0.1, -0.05) is 272 Å². The Kier molecular flexibility index (Phi) is 59.3. The third-order valence-corrected chi connectivity index (χ3v) is 14.3. The molecule has 0 aromatic rings. The van der Waals surface area contributed by atoms with E-state index in [1.54, 1.807) is 0 Å². The molecule has 0 aromatic carbocycles. The van der Waals surface area contributed by atoms with Gasteiger partial charge in [-0.15, -0.1) is 0 Å². The Labute approximate surface area is 499 Å². The second-order valence-corrected chi connectivity index (χ2v) is 23.4. The summed E-state index contributed by atoms with van der Waals surface area (Å²) in [4.78, 5) is 37.3. The van der Waals surface area contributed by atoms with E-state index in [2.05, 4.69) is 111 Å². The van der Waals surface area contributed by atoms with Gasteiger partial charge < -0.3 is 33.3 Å². The summed E-state index contributed by atoms with van der Waals surface area (Å²) in [6.45, 7) is 4.63. The summed E-state index contributed by atoms with van der Waals surface area (Å²) in [6.07, 6.45) is 82.1. The van der Waals surface area contributed by atoms with E-state index in [0.717, 1.165) is 96.3 Å². The van der Waals surface area contributed by atoms with Crippen molar-refractivity contribution in [2.45, 2.75) is 296 Å². The molecule has 466 valence electrons. The first kappa shape index (κ1) is 77.2. The van der Waals surface area contributed by atoms with Crippen molar-refractivity contribution in [3.63, 3.8) is 0 Å². The molecule has 0 N–H and O–H groups in total. The zero-order valence-electron chi connectivity index (χ0n) is 53.1. The second-order valence-electron chi connectivity index (χ2n) is 23.4. The van der Waals surface area contributed by atoms with E-state index < -0.39 is 24.3 Å². The lowest BCUT2D eigenvalue weighted by atomic mass is 10.0. The predicted molar refractivity (Wildman–Crippen MR) is 343 cm³/mol. The van der Waals surface area contributed by atoms with Gasteiger partial charge in [-0.3, -0.25) is 9.59 Å². The first-order valence-electron chi connectivity index (χ1n) is 33.4. The molecule has 81 heavy (non-hydrogen) atoms. The van der Waals surface area contributed by atoms with Gasteiger partial charge >= 0.3 is 11.9 Å². The highest BCUT2D eigenvalue weighted by atomic mass is 16.7. The Hall–Kier alpha value is -3.79. The van der Waals surface area contributed by atoms with Gasteiger partial charge in [-0.2, -0.15) is 0 Å². The van der Waals surface area contributed by atoms with Crippen LogP contribution in [-0.2, 0) is 33.3 Å². The lowest BCUT2D eigenvalue weighted by Gasteiger charge is -2.26. The van der Waals surface area contributed by atoms with E-state index >= 15 is 0 Å². The van der Waals surface area contributed by atoms with Crippen molar-refractivity contribution < 1.29 is 42.9 Å². The minimum atomic E-state index is -1.62. The highest BCUT2D eigenvalue weighted by Gasteiger charge is 2.22. The molecular formula is C72H125NO8. The molecule has 0 saturated carbocycles. The number of hydrogen-bond acceptors (Lipinski definition) is 8. The molecule has 2 unspecified atom stereocenters. The fourth-order valence-corrected chi connectivity index (χ4v) is 9.22. The Morgan fingerprint density at radius 1 is 0.383 bits per heavy atom. The van der Waals surface area contributed by atoms with Gasteiger partial charge in [0.2, 0.25) is 0 Å². The summed E-state index contributed by atoms with van der Waals surface area (Å²) in [6, 6.07) is 0. The van der Waals surface area contributed by atoms with E-state index in [0.29, 0.717) is 17.4 Å². The van der Waals surface area contributed by atoms with Crippen LogP contribution in [-0.4, -0.2) is 82.3 Å². The maximum atomic E-state index is 12.9. The van der Waals surface area contributed by atoms with E-state index in [1.807, 2.05) is 21.1 Å². The lowest BCUT2D eigenvalue weighted by molar-refractivity contribution is -0.870. The summed E-state index contributed by atoms with van der Waals surface area (Å²) in [5.74, 6) is -2.29. The molecule has 0 aliphatic rings. The normalized spacial score (nSPS) is 13.3. The third kappa shape index (κ3) is 63.6. The van der Waals surface area contributed by atoms with Crippen LogP contribution < -0.4 is 5.11 Å². The maximum Gasteiger partial charge on any atom is 0.306 e. The Bertz CT molecular complexity index is 1650. The van der Waals surface area contributed by atoms with Crippen LogP contribution in [0.1, 0.15) is 284 Å². The fraction of sp³-hybridized carbons (Fsp3) is 0.736. The average Bonchev–Trinajstić information content (AvgIpc) is 3.44. The zero-order valence-corrected chi connectivity index (χ0v) is 53.1. The molecule has 9 heteroatoms. The van der Waals surface area contributed by atoms with Crippen molar-refractivity contribution in [2.75, 3.05) is 47.5 Å². The molecule has 0 aromatic heterocycles. The standard InChI is InChI=1S/C72H125NO8/c1-6-8-10-12-14-16-18-20-22-23-24-25-26-27-28-29-30-31-32-33-34-35-36-37-38-39-40-41-42-43-44-45-46-47-49-51-53-55-57-59-61-63-70(75)81-68(67-80-72(71(76)77)78-65-64-73(3,4)5)66-79-69(74)62-60-58-56-54-52-50-48-21-19-17-15-13-11-9-7-2/h8,10,14,16,20-22,24-25,27-28,30-31,33-34,48,68,72H,6-7,9,11-13,15,17-19,23,26,29,32,35-47,49-67H2,1-5H3/b10-8-,16-14-,22-20-,25-24-,28-27-,31-30-,34-33-,48-21-. The van der Waals surface area contributed by atoms with E-state index in [9.17, 15) is 19.5 Å². The van der Waals surface area contributed by atoms with Crippen LogP contribution in [0.5, 0.6) is 0 Å². The van der Waals surface area contributed by atoms with Crippen molar-refractivity contribution in [1.29, 1.82) is 0 Å². The molecular weight excluding hydrogens is 1010 g/mol. The molecule has 0 spiro atoms. The molecule has 0 rings (SSSR count).